The lowest BCUT2D eigenvalue weighted by molar-refractivity contribution is 0.583. The Hall–Kier alpha value is -1.33. The average molecular weight is 330 g/mol. The average Bonchev–Trinajstić information content (AvgIpc) is 2.38. The number of hydrogen-bond donors (Lipinski definition) is 1. The fourth-order valence-electron chi connectivity index (χ4n) is 1.90. The van der Waals surface area contributed by atoms with Crippen LogP contribution in [-0.2, 0) is 6.54 Å². The van der Waals surface area contributed by atoms with Crippen molar-refractivity contribution in [3.8, 4) is 11.1 Å². The van der Waals surface area contributed by atoms with Crippen molar-refractivity contribution in [3.63, 3.8) is 0 Å². The van der Waals surface area contributed by atoms with E-state index in [9.17, 15) is 13.2 Å². The predicted molar refractivity (Wildman–Crippen MR) is 72.2 cm³/mol. The molecule has 0 saturated heterocycles. The van der Waals surface area contributed by atoms with Crippen LogP contribution >= 0.6 is 15.9 Å². The number of benzene rings is 2. The zero-order chi connectivity index (χ0) is 14.0. The van der Waals surface area contributed by atoms with E-state index < -0.39 is 17.5 Å². The molecule has 100 valence electrons. The normalized spacial score (nSPS) is 10.8. The Kier molecular flexibility index (Phi) is 4.27. The molecular weight excluding hydrogens is 319 g/mol. The lowest BCUT2D eigenvalue weighted by Crippen LogP contribution is -2.07. The summed E-state index contributed by atoms with van der Waals surface area (Å²) in [5.74, 6) is -1.99. The van der Waals surface area contributed by atoms with Gasteiger partial charge >= 0.3 is 0 Å². The third-order valence-corrected chi connectivity index (χ3v) is 3.36. The molecule has 1 N–H and O–H groups in total. The van der Waals surface area contributed by atoms with E-state index in [1.165, 1.54) is 18.2 Å². The van der Waals surface area contributed by atoms with Gasteiger partial charge in [0.1, 0.15) is 17.5 Å². The van der Waals surface area contributed by atoms with Gasteiger partial charge < -0.3 is 5.32 Å². The van der Waals surface area contributed by atoms with Crippen molar-refractivity contribution < 1.29 is 13.2 Å². The van der Waals surface area contributed by atoms with Crippen molar-refractivity contribution in [2.24, 2.45) is 0 Å². The number of rotatable bonds is 3. The Bertz CT molecular complexity index is 614. The monoisotopic (exact) mass is 329 g/mol. The van der Waals surface area contributed by atoms with Crippen molar-refractivity contribution in [1.29, 1.82) is 0 Å². The summed E-state index contributed by atoms with van der Waals surface area (Å²) in [5, 5.41) is 2.89. The second-order valence-electron chi connectivity index (χ2n) is 4.05. The summed E-state index contributed by atoms with van der Waals surface area (Å²) < 4.78 is 41.4. The van der Waals surface area contributed by atoms with E-state index in [1.54, 1.807) is 7.05 Å². The topological polar surface area (TPSA) is 12.0 Å². The number of nitrogens with one attached hydrogen (secondary N) is 1. The van der Waals surface area contributed by atoms with Crippen molar-refractivity contribution in [2.45, 2.75) is 6.54 Å². The van der Waals surface area contributed by atoms with Crippen LogP contribution in [0.3, 0.4) is 0 Å². The van der Waals surface area contributed by atoms with Crippen LogP contribution < -0.4 is 5.32 Å². The van der Waals surface area contributed by atoms with Crippen LogP contribution in [0.5, 0.6) is 0 Å². The van der Waals surface area contributed by atoms with Crippen LogP contribution in [0.4, 0.5) is 13.2 Å². The highest BCUT2D eigenvalue weighted by Crippen LogP contribution is 2.33. The standard InChI is InChI=1S/C14H11BrF3N/c1-19-7-8-2-3-9(16)6-10(8)13-12(17)5-4-11(15)14(13)18/h2-6,19H,7H2,1H3. The smallest absolute Gasteiger partial charge is 0.148 e. The Morgan fingerprint density at radius 3 is 2.53 bits per heavy atom. The van der Waals surface area contributed by atoms with E-state index in [1.807, 2.05) is 0 Å². The molecule has 2 rings (SSSR count). The summed E-state index contributed by atoms with van der Waals surface area (Å²) in [7, 11) is 1.71. The minimum atomic E-state index is -0.733. The van der Waals surface area contributed by atoms with E-state index in [2.05, 4.69) is 21.2 Å². The molecule has 0 radical (unpaired) electrons. The lowest BCUT2D eigenvalue weighted by atomic mass is 9.98. The highest BCUT2D eigenvalue weighted by molar-refractivity contribution is 9.10. The Morgan fingerprint density at radius 2 is 1.84 bits per heavy atom. The van der Waals surface area contributed by atoms with Crippen LogP contribution in [0.1, 0.15) is 5.56 Å². The van der Waals surface area contributed by atoms with Crippen LogP contribution in [0.25, 0.3) is 11.1 Å². The zero-order valence-corrected chi connectivity index (χ0v) is 11.7. The van der Waals surface area contributed by atoms with Gasteiger partial charge in [0, 0.05) is 6.54 Å². The highest BCUT2D eigenvalue weighted by Gasteiger charge is 2.17. The molecule has 0 aliphatic rings. The number of hydrogen-bond acceptors (Lipinski definition) is 1. The predicted octanol–water partition coefficient (Wildman–Crippen LogP) is 4.25. The molecule has 0 unspecified atom stereocenters. The molecule has 0 aliphatic heterocycles. The maximum Gasteiger partial charge on any atom is 0.148 e. The van der Waals surface area contributed by atoms with Crippen LogP contribution in [0, 0.1) is 17.5 Å². The van der Waals surface area contributed by atoms with Crippen LogP contribution in [0.2, 0.25) is 0 Å². The molecule has 0 aliphatic carbocycles. The van der Waals surface area contributed by atoms with Crippen LogP contribution in [0.15, 0.2) is 34.8 Å². The molecule has 1 nitrogen and oxygen atoms in total. The third kappa shape index (κ3) is 2.82. The second-order valence-corrected chi connectivity index (χ2v) is 4.90. The minimum Gasteiger partial charge on any atom is -0.316 e. The van der Waals surface area contributed by atoms with Crippen LogP contribution in [-0.4, -0.2) is 7.05 Å². The summed E-state index contributed by atoms with van der Waals surface area (Å²) in [6.45, 7) is 0.390. The first kappa shape index (κ1) is 14.1. The summed E-state index contributed by atoms with van der Waals surface area (Å²) in [6, 6.07) is 6.35. The van der Waals surface area contributed by atoms with Gasteiger partial charge in [-0.25, -0.2) is 13.2 Å². The van der Waals surface area contributed by atoms with Crippen molar-refractivity contribution in [2.75, 3.05) is 7.05 Å². The van der Waals surface area contributed by atoms with Gasteiger partial charge in [0.05, 0.1) is 10.0 Å². The van der Waals surface area contributed by atoms with Gasteiger partial charge in [-0.3, -0.25) is 0 Å². The quantitative estimate of drug-likeness (QED) is 0.830. The molecule has 0 amide bonds. The van der Waals surface area contributed by atoms with Crippen molar-refractivity contribution >= 4 is 15.9 Å². The van der Waals surface area contributed by atoms with E-state index in [0.29, 0.717) is 12.1 Å². The molecule has 5 heteroatoms. The fraction of sp³-hybridized carbons (Fsp3) is 0.143. The summed E-state index contributed by atoms with van der Waals surface area (Å²) >= 11 is 3.01. The molecular formula is C14H11BrF3N. The summed E-state index contributed by atoms with van der Waals surface area (Å²) in [5.41, 5.74) is 0.615. The van der Waals surface area contributed by atoms with Crippen molar-refractivity contribution in [3.05, 3.63) is 57.8 Å². The highest BCUT2D eigenvalue weighted by atomic mass is 79.9. The molecule has 0 aromatic heterocycles. The maximum absolute atomic E-state index is 14.1. The van der Waals surface area contributed by atoms with E-state index in [0.717, 1.165) is 12.1 Å². The van der Waals surface area contributed by atoms with Gasteiger partial charge in [0.2, 0.25) is 0 Å². The maximum atomic E-state index is 14.1. The Labute approximate surface area is 117 Å². The fourth-order valence-corrected chi connectivity index (χ4v) is 2.23. The van der Waals surface area contributed by atoms with Gasteiger partial charge in [-0.2, -0.15) is 0 Å². The van der Waals surface area contributed by atoms with Gasteiger partial charge in [0.15, 0.2) is 0 Å². The molecule has 0 saturated carbocycles. The second kappa shape index (κ2) is 5.75. The largest absolute Gasteiger partial charge is 0.316 e. The molecule has 0 heterocycles. The summed E-state index contributed by atoms with van der Waals surface area (Å²) in [4.78, 5) is 0. The molecule has 19 heavy (non-hydrogen) atoms. The molecule has 2 aromatic carbocycles. The Morgan fingerprint density at radius 1 is 1.11 bits per heavy atom. The van der Waals surface area contributed by atoms with Crippen molar-refractivity contribution in [1.82, 2.24) is 5.32 Å². The molecule has 0 fully saturated rings. The summed E-state index contributed by atoms with van der Waals surface area (Å²) in [6.07, 6.45) is 0. The third-order valence-electron chi connectivity index (χ3n) is 2.75. The SMILES string of the molecule is CNCc1ccc(F)cc1-c1c(F)ccc(Br)c1F. The molecule has 0 atom stereocenters. The number of halogens is 4. The van der Waals surface area contributed by atoms with E-state index >= 15 is 0 Å². The molecule has 0 spiro atoms. The van der Waals surface area contributed by atoms with E-state index in [4.69, 9.17) is 0 Å². The first-order valence-electron chi connectivity index (χ1n) is 5.61. The van der Waals surface area contributed by atoms with Gasteiger partial charge in [-0.05, 0) is 58.4 Å². The first-order chi connectivity index (χ1) is 9.04. The van der Waals surface area contributed by atoms with Gasteiger partial charge in [-0.1, -0.05) is 6.07 Å². The molecule has 0 bridgehead atoms. The van der Waals surface area contributed by atoms with Gasteiger partial charge in [-0.15, -0.1) is 0 Å². The minimum absolute atomic E-state index is 0.142. The molecule has 2 aromatic rings. The first-order valence-corrected chi connectivity index (χ1v) is 6.40. The zero-order valence-electron chi connectivity index (χ0n) is 10.1. The Balaban J connectivity index is 2.70. The van der Waals surface area contributed by atoms with E-state index in [-0.39, 0.29) is 15.6 Å². The lowest BCUT2D eigenvalue weighted by Gasteiger charge is -2.12. The van der Waals surface area contributed by atoms with Gasteiger partial charge in [0.25, 0.3) is 0 Å².